The number of anilines is 1. The number of ketones is 1. The highest BCUT2D eigenvalue weighted by atomic mass is 19.4. The molecule has 0 heterocycles. The van der Waals surface area contributed by atoms with E-state index in [1.54, 1.807) is 0 Å². The summed E-state index contributed by atoms with van der Waals surface area (Å²) in [6, 6.07) is 2.22. The van der Waals surface area contributed by atoms with Crippen molar-refractivity contribution in [1.82, 2.24) is 5.32 Å². The van der Waals surface area contributed by atoms with Crippen molar-refractivity contribution < 1.29 is 32.7 Å². The second-order valence-corrected chi connectivity index (χ2v) is 7.69. The van der Waals surface area contributed by atoms with Crippen molar-refractivity contribution in [3.8, 4) is 0 Å². The number of hydrogen-bond donors (Lipinski definition) is 3. The van der Waals surface area contributed by atoms with Gasteiger partial charge in [0.2, 0.25) is 0 Å². The van der Waals surface area contributed by atoms with Crippen molar-refractivity contribution in [3.63, 3.8) is 0 Å². The minimum Gasteiger partial charge on any atom is -0.481 e. The van der Waals surface area contributed by atoms with Gasteiger partial charge < -0.3 is 15.7 Å². The zero-order chi connectivity index (χ0) is 21.7. The number of carbonyl (C=O) groups excluding carboxylic acids is 2. The molecule has 28 heavy (non-hydrogen) atoms. The van der Waals surface area contributed by atoms with E-state index in [2.05, 4.69) is 10.6 Å². The van der Waals surface area contributed by atoms with Gasteiger partial charge in [0.05, 0.1) is 17.0 Å². The van der Waals surface area contributed by atoms with Gasteiger partial charge in [0.1, 0.15) is 0 Å². The quantitative estimate of drug-likeness (QED) is 0.604. The Morgan fingerprint density at radius 2 is 1.61 bits per heavy atom. The average Bonchev–Trinajstić information content (AvgIpc) is 2.52. The first-order valence-corrected chi connectivity index (χ1v) is 8.73. The fourth-order valence-electron chi connectivity index (χ4n) is 2.44. The number of halogens is 3. The van der Waals surface area contributed by atoms with E-state index in [0.29, 0.717) is 6.42 Å². The fourth-order valence-corrected chi connectivity index (χ4v) is 2.44. The number of benzene rings is 1. The molecule has 0 saturated heterocycles. The predicted molar refractivity (Wildman–Crippen MR) is 97.9 cm³/mol. The molecule has 0 aliphatic carbocycles. The van der Waals surface area contributed by atoms with Gasteiger partial charge in [-0.05, 0) is 50.5 Å². The molecular weight excluding hydrogens is 377 g/mol. The molecule has 1 aromatic rings. The fraction of sp³-hybridized carbons (Fsp3) is 0.526. The number of nitrogens with one attached hydrogen (secondary N) is 2. The Morgan fingerprint density at radius 3 is 2.04 bits per heavy atom. The molecule has 3 N–H and O–H groups in total. The van der Waals surface area contributed by atoms with Crippen LogP contribution in [0.5, 0.6) is 0 Å². The number of amides is 2. The summed E-state index contributed by atoms with van der Waals surface area (Å²) in [5, 5.41) is 14.0. The van der Waals surface area contributed by atoms with E-state index in [9.17, 15) is 32.7 Å². The van der Waals surface area contributed by atoms with E-state index in [0.717, 1.165) is 24.3 Å². The molecule has 1 aromatic carbocycles. The van der Waals surface area contributed by atoms with E-state index >= 15 is 0 Å². The van der Waals surface area contributed by atoms with Crippen molar-refractivity contribution in [2.24, 2.45) is 11.3 Å². The summed E-state index contributed by atoms with van der Waals surface area (Å²) >= 11 is 0. The molecule has 0 radical (unpaired) electrons. The summed E-state index contributed by atoms with van der Waals surface area (Å²) in [6.07, 6.45) is -4.44. The minimum absolute atomic E-state index is 0.0493. The number of hydrogen-bond acceptors (Lipinski definition) is 3. The van der Waals surface area contributed by atoms with Crippen molar-refractivity contribution in [1.29, 1.82) is 0 Å². The van der Waals surface area contributed by atoms with Crippen LogP contribution in [-0.4, -0.2) is 28.9 Å². The highest BCUT2D eigenvalue weighted by Gasteiger charge is 2.34. The maximum absolute atomic E-state index is 12.6. The number of alkyl halides is 3. The summed E-state index contributed by atoms with van der Waals surface area (Å²) in [6.45, 7) is 6.53. The zero-order valence-electron chi connectivity index (χ0n) is 16.2. The number of carbonyl (C=O) groups is 3. The van der Waals surface area contributed by atoms with Crippen LogP contribution in [0.2, 0.25) is 0 Å². The first-order valence-electron chi connectivity index (χ1n) is 8.73. The number of carboxylic acid groups (broad SMARTS) is 1. The standard InChI is InChI=1S/C19H25F3N2O4/c1-11(2)9-14(15(25)10-18(3,4)16(26)27)24-17(28)23-13-7-5-12(6-8-13)19(20,21)22/h5-8,11,14H,9-10H2,1-4H3,(H,26,27)(H2,23,24,28)/t14-/m0/s1. The Bertz CT molecular complexity index is 713. The number of carboxylic acids is 1. The molecular formula is C19H25F3N2O4. The van der Waals surface area contributed by atoms with Crippen molar-refractivity contribution in [3.05, 3.63) is 29.8 Å². The summed E-state index contributed by atoms with van der Waals surface area (Å²) in [4.78, 5) is 35.9. The molecule has 0 aromatic heterocycles. The lowest BCUT2D eigenvalue weighted by Crippen LogP contribution is -2.45. The third-order valence-electron chi connectivity index (χ3n) is 4.07. The minimum atomic E-state index is -4.48. The van der Waals surface area contributed by atoms with Crippen LogP contribution in [0, 0.1) is 11.3 Å². The second kappa shape index (κ2) is 9.07. The molecule has 6 nitrogen and oxygen atoms in total. The molecule has 156 valence electrons. The SMILES string of the molecule is CC(C)C[C@H](NC(=O)Nc1ccc(C(F)(F)F)cc1)C(=O)CC(C)(C)C(=O)O. The van der Waals surface area contributed by atoms with Crippen LogP contribution in [-0.2, 0) is 15.8 Å². The van der Waals surface area contributed by atoms with Gasteiger partial charge >= 0.3 is 18.2 Å². The Morgan fingerprint density at radius 1 is 1.07 bits per heavy atom. The average molecular weight is 402 g/mol. The van der Waals surface area contributed by atoms with Crippen LogP contribution in [0.15, 0.2) is 24.3 Å². The van der Waals surface area contributed by atoms with Gasteiger partial charge in [0.15, 0.2) is 5.78 Å². The highest BCUT2D eigenvalue weighted by Crippen LogP contribution is 2.29. The molecule has 0 saturated carbocycles. The van der Waals surface area contributed by atoms with Gasteiger partial charge in [-0.3, -0.25) is 9.59 Å². The topological polar surface area (TPSA) is 95.5 Å². The van der Waals surface area contributed by atoms with Crippen LogP contribution in [0.1, 0.15) is 46.1 Å². The Hall–Kier alpha value is -2.58. The Kier molecular flexibility index (Phi) is 7.60. The monoisotopic (exact) mass is 402 g/mol. The van der Waals surface area contributed by atoms with Crippen molar-refractivity contribution in [2.45, 2.75) is 52.8 Å². The highest BCUT2D eigenvalue weighted by molar-refractivity contribution is 5.95. The molecule has 1 rings (SSSR count). The summed E-state index contributed by atoms with van der Waals surface area (Å²) in [5.74, 6) is -1.50. The van der Waals surface area contributed by atoms with Gasteiger partial charge in [-0.1, -0.05) is 13.8 Å². The maximum Gasteiger partial charge on any atom is 0.416 e. The van der Waals surface area contributed by atoms with Crippen LogP contribution in [0.25, 0.3) is 0 Å². The van der Waals surface area contributed by atoms with E-state index in [1.807, 2.05) is 13.8 Å². The smallest absolute Gasteiger partial charge is 0.416 e. The van der Waals surface area contributed by atoms with Crippen LogP contribution in [0.4, 0.5) is 23.7 Å². The van der Waals surface area contributed by atoms with Gasteiger partial charge in [-0.25, -0.2) is 4.79 Å². The number of rotatable bonds is 8. The molecule has 0 spiro atoms. The molecule has 0 bridgehead atoms. The molecule has 0 aliphatic heterocycles. The third kappa shape index (κ3) is 7.21. The van der Waals surface area contributed by atoms with E-state index < -0.39 is 41.0 Å². The van der Waals surface area contributed by atoms with Crippen molar-refractivity contribution >= 4 is 23.5 Å². The van der Waals surface area contributed by atoms with Gasteiger partial charge in [-0.15, -0.1) is 0 Å². The first-order chi connectivity index (χ1) is 12.7. The van der Waals surface area contributed by atoms with E-state index in [4.69, 9.17) is 0 Å². The number of urea groups is 1. The second-order valence-electron chi connectivity index (χ2n) is 7.69. The summed E-state index contributed by atoms with van der Waals surface area (Å²) in [7, 11) is 0. The molecule has 0 fully saturated rings. The lowest BCUT2D eigenvalue weighted by Gasteiger charge is -2.24. The number of aliphatic carboxylic acids is 1. The van der Waals surface area contributed by atoms with Gasteiger partial charge in [0, 0.05) is 12.1 Å². The zero-order valence-corrected chi connectivity index (χ0v) is 16.2. The third-order valence-corrected chi connectivity index (χ3v) is 4.07. The molecule has 9 heteroatoms. The van der Waals surface area contributed by atoms with Crippen LogP contribution >= 0.6 is 0 Å². The maximum atomic E-state index is 12.6. The molecule has 0 aliphatic rings. The molecule has 0 unspecified atom stereocenters. The van der Waals surface area contributed by atoms with Crippen molar-refractivity contribution in [2.75, 3.05) is 5.32 Å². The molecule has 1 atom stereocenters. The van der Waals surface area contributed by atoms with E-state index in [-0.39, 0.29) is 18.0 Å². The normalized spacial score (nSPS) is 13.1. The van der Waals surface area contributed by atoms with Crippen LogP contribution < -0.4 is 10.6 Å². The van der Waals surface area contributed by atoms with Gasteiger partial charge in [0.25, 0.3) is 0 Å². The van der Waals surface area contributed by atoms with E-state index in [1.165, 1.54) is 13.8 Å². The largest absolute Gasteiger partial charge is 0.481 e. The lowest BCUT2D eigenvalue weighted by molar-refractivity contribution is -0.149. The Labute approximate surface area is 161 Å². The predicted octanol–water partition coefficient (Wildman–Crippen LogP) is 4.31. The number of Topliss-reactive ketones (excluding diaryl/α,β-unsaturated/α-hetero) is 1. The first kappa shape index (κ1) is 23.5. The molecule has 2 amide bonds. The van der Waals surface area contributed by atoms with Gasteiger partial charge in [-0.2, -0.15) is 13.2 Å². The Balaban J connectivity index is 2.81. The summed E-state index contributed by atoms with van der Waals surface area (Å²) < 4.78 is 37.7. The summed E-state index contributed by atoms with van der Waals surface area (Å²) in [5.41, 5.74) is -1.99. The van der Waals surface area contributed by atoms with Crippen LogP contribution in [0.3, 0.4) is 0 Å². The lowest BCUT2D eigenvalue weighted by atomic mass is 9.84.